The Kier molecular flexibility index (Phi) is 4.70. The van der Waals surface area contributed by atoms with Gasteiger partial charge in [-0.15, -0.1) is 0 Å². The van der Waals surface area contributed by atoms with E-state index in [-0.39, 0.29) is 0 Å². The van der Waals surface area contributed by atoms with Crippen molar-refractivity contribution in [2.24, 2.45) is 0 Å². The molecule has 0 nitrogen and oxygen atoms in total. The summed E-state index contributed by atoms with van der Waals surface area (Å²) in [6.45, 7) is 2.25. The van der Waals surface area contributed by atoms with Gasteiger partial charge in [0.05, 0.1) is 0 Å². The van der Waals surface area contributed by atoms with Crippen molar-refractivity contribution in [3.8, 4) is 22.3 Å². The van der Waals surface area contributed by atoms with Gasteiger partial charge in [0.15, 0.2) is 0 Å². The van der Waals surface area contributed by atoms with Crippen LogP contribution in [0, 0.1) is 0 Å². The summed E-state index contributed by atoms with van der Waals surface area (Å²) in [5.41, 5.74) is 6.64. The van der Waals surface area contributed by atoms with Gasteiger partial charge < -0.3 is 0 Å². The number of aryl methyl sites for hydroxylation is 1. The van der Waals surface area contributed by atoms with Crippen LogP contribution in [-0.4, -0.2) is 0 Å². The van der Waals surface area contributed by atoms with E-state index in [1.54, 1.807) is 0 Å². The Labute approximate surface area is 133 Å². The topological polar surface area (TPSA) is 0 Å². The van der Waals surface area contributed by atoms with E-state index in [0.29, 0.717) is 0 Å². The molecule has 0 fully saturated rings. The summed E-state index contributed by atoms with van der Waals surface area (Å²) in [7, 11) is 0. The Morgan fingerprint density at radius 2 is 1.09 bits per heavy atom. The van der Waals surface area contributed by atoms with Crippen molar-refractivity contribution >= 4 is 0 Å². The van der Waals surface area contributed by atoms with Crippen LogP contribution in [0.1, 0.15) is 25.3 Å². The van der Waals surface area contributed by atoms with Crippen LogP contribution in [0.15, 0.2) is 78.9 Å². The highest BCUT2D eigenvalue weighted by molar-refractivity contribution is 5.74. The molecule has 0 aromatic heterocycles. The van der Waals surface area contributed by atoms with Crippen LogP contribution >= 0.6 is 0 Å². The fraction of sp³-hybridized carbons (Fsp3) is 0.182. The number of unbranched alkanes of at least 4 members (excludes halogenated alkanes) is 1. The summed E-state index contributed by atoms with van der Waals surface area (Å²) >= 11 is 0. The van der Waals surface area contributed by atoms with Crippen molar-refractivity contribution in [2.45, 2.75) is 26.2 Å². The molecule has 0 spiro atoms. The van der Waals surface area contributed by atoms with Gasteiger partial charge >= 0.3 is 0 Å². The first kappa shape index (κ1) is 14.6. The third-order valence-corrected chi connectivity index (χ3v) is 4.03. The monoisotopic (exact) mass is 286 g/mol. The molecular formula is C22H22. The van der Waals surface area contributed by atoms with Crippen molar-refractivity contribution in [3.05, 3.63) is 84.4 Å². The highest BCUT2D eigenvalue weighted by Gasteiger charge is 2.05. The lowest BCUT2D eigenvalue weighted by Crippen LogP contribution is -1.89. The Morgan fingerprint density at radius 3 is 1.55 bits per heavy atom. The molecule has 110 valence electrons. The van der Waals surface area contributed by atoms with Gasteiger partial charge in [-0.05, 0) is 46.7 Å². The fourth-order valence-corrected chi connectivity index (χ4v) is 2.81. The van der Waals surface area contributed by atoms with Crippen molar-refractivity contribution < 1.29 is 0 Å². The molecule has 3 aromatic carbocycles. The van der Waals surface area contributed by atoms with Gasteiger partial charge in [-0.2, -0.15) is 0 Å². The molecular weight excluding hydrogens is 264 g/mol. The fourth-order valence-electron chi connectivity index (χ4n) is 2.81. The molecule has 0 aliphatic rings. The minimum atomic E-state index is 1.15. The molecule has 0 unspecified atom stereocenters. The van der Waals surface area contributed by atoms with Gasteiger partial charge in [-0.1, -0.05) is 86.1 Å². The zero-order valence-corrected chi connectivity index (χ0v) is 13.1. The molecule has 22 heavy (non-hydrogen) atoms. The molecule has 0 radical (unpaired) electrons. The lowest BCUT2D eigenvalue weighted by molar-refractivity contribution is 0.795. The molecule has 0 saturated heterocycles. The van der Waals surface area contributed by atoms with E-state index in [2.05, 4.69) is 85.8 Å². The maximum Gasteiger partial charge on any atom is -0.0175 e. The van der Waals surface area contributed by atoms with Gasteiger partial charge in [-0.3, -0.25) is 0 Å². The summed E-state index contributed by atoms with van der Waals surface area (Å²) in [5.74, 6) is 0. The van der Waals surface area contributed by atoms with E-state index in [1.165, 1.54) is 40.7 Å². The first-order chi connectivity index (χ1) is 10.9. The van der Waals surface area contributed by atoms with Crippen LogP contribution < -0.4 is 0 Å². The number of hydrogen-bond donors (Lipinski definition) is 0. The summed E-state index contributed by atoms with van der Waals surface area (Å²) in [6.07, 6.45) is 3.62. The van der Waals surface area contributed by atoms with Gasteiger partial charge in [0.2, 0.25) is 0 Å². The zero-order chi connectivity index (χ0) is 15.2. The third-order valence-electron chi connectivity index (χ3n) is 4.03. The van der Waals surface area contributed by atoms with Gasteiger partial charge in [0, 0.05) is 0 Å². The Bertz CT molecular complexity index is 654. The van der Waals surface area contributed by atoms with Crippen LogP contribution in [0.25, 0.3) is 22.3 Å². The molecule has 0 amide bonds. The first-order valence-electron chi connectivity index (χ1n) is 8.11. The Morgan fingerprint density at radius 1 is 0.591 bits per heavy atom. The van der Waals surface area contributed by atoms with Crippen molar-refractivity contribution in [1.29, 1.82) is 0 Å². The third kappa shape index (κ3) is 3.46. The largest absolute Gasteiger partial charge is 0.0654 e. The second kappa shape index (κ2) is 7.09. The Hall–Kier alpha value is -2.34. The van der Waals surface area contributed by atoms with Crippen molar-refractivity contribution in [2.75, 3.05) is 0 Å². The van der Waals surface area contributed by atoms with Gasteiger partial charge in [0.25, 0.3) is 0 Å². The first-order valence-corrected chi connectivity index (χ1v) is 8.11. The second-order valence-electron chi connectivity index (χ2n) is 5.75. The van der Waals surface area contributed by atoms with E-state index in [9.17, 15) is 0 Å². The van der Waals surface area contributed by atoms with Crippen molar-refractivity contribution in [3.63, 3.8) is 0 Å². The quantitative estimate of drug-likeness (QED) is 0.511. The summed E-state index contributed by atoms with van der Waals surface area (Å²) < 4.78 is 0. The van der Waals surface area contributed by atoms with Crippen LogP contribution in [0.5, 0.6) is 0 Å². The number of hydrogen-bond acceptors (Lipinski definition) is 0. The van der Waals surface area contributed by atoms with Crippen molar-refractivity contribution in [1.82, 2.24) is 0 Å². The van der Waals surface area contributed by atoms with Crippen LogP contribution in [0.4, 0.5) is 0 Å². The predicted molar refractivity (Wildman–Crippen MR) is 95.9 cm³/mol. The number of rotatable bonds is 5. The summed E-state index contributed by atoms with van der Waals surface area (Å²) in [6, 6.07) is 28.3. The van der Waals surface area contributed by atoms with Crippen LogP contribution in [-0.2, 0) is 6.42 Å². The summed E-state index contributed by atoms with van der Waals surface area (Å²) in [5, 5.41) is 0. The smallest absolute Gasteiger partial charge is 0.0175 e. The molecule has 3 rings (SSSR count). The molecule has 0 bridgehead atoms. The Balaban J connectivity index is 2.06. The summed E-state index contributed by atoms with van der Waals surface area (Å²) in [4.78, 5) is 0. The van der Waals surface area contributed by atoms with E-state index in [1.807, 2.05) is 0 Å². The molecule has 0 saturated carbocycles. The van der Waals surface area contributed by atoms with Crippen LogP contribution in [0.2, 0.25) is 0 Å². The molecule has 0 aliphatic carbocycles. The molecule has 0 atom stereocenters. The lowest BCUT2D eigenvalue weighted by atomic mass is 9.94. The zero-order valence-electron chi connectivity index (χ0n) is 13.1. The highest BCUT2D eigenvalue weighted by Crippen LogP contribution is 2.28. The maximum absolute atomic E-state index is 2.34. The van der Waals surface area contributed by atoms with E-state index >= 15 is 0 Å². The van der Waals surface area contributed by atoms with Gasteiger partial charge in [0.1, 0.15) is 0 Å². The normalized spacial score (nSPS) is 10.6. The van der Waals surface area contributed by atoms with Gasteiger partial charge in [-0.25, -0.2) is 0 Å². The van der Waals surface area contributed by atoms with E-state index < -0.39 is 0 Å². The molecule has 0 heterocycles. The molecule has 0 aliphatic heterocycles. The maximum atomic E-state index is 2.34. The van der Waals surface area contributed by atoms with E-state index in [0.717, 1.165) is 6.42 Å². The molecule has 3 aromatic rings. The molecule has 0 heteroatoms. The second-order valence-corrected chi connectivity index (χ2v) is 5.75. The van der Waals surface area contributed by atoms with Crippen LogP contribution in [0.3, 0.4) is 0 Å². The van der Waals surface area contributed by atoms with E-state index in [4.69, 9.17) is 0 Å². The number of benzene rings is 3. The minimum Gasteiger partial charge on any atom is -0.0654 e. The highest BCUT2D eigenvalue weighted by atomic mass is 14.1. The minimum absolute atomic E-state index is 1.15. The SMILES string of the molecule is CCCCc1cc(-c2ccccc2)cc(-c2ccccc2)c1. The average molecular weight is 286 g/mol. The predicted octanol–water partition coefficient (Wildman–Crippen LogP) is 6.36. The lowest BCUT2D eigenvalue weighted by Gasteiger charge is -2.10. The standard InChI is InChI=1S/C22H22/c1-2-3-10-18-15-21(19-11-6-4-7-12-19)17-22(16-18)20-13-8-5-9-14-20/h4-9,11-17H,2-3,10H2,1H3. The average Bonchev–Trinajstić information content (AvgIpc) is 2.61. The molecule has 0 N–H and O–H groups in total.